The summed E-state index contributed by atoms with van der Waals surface area (Å²) in [5, 5.41) is 4.12. The average molecular weight is 508 g/mol. The van der Waals surface area contributed by atoms with Crippen molar-refractivity contribution < 1.29 is 30.9 Å². The Labute approximate surface area is 198 Å². The third-order valence-electron chi connectivity index (χ3n) is 5.22. The van der Waals surface area contributed by atoms with Crippen LogP contribution in [-0.2, 0) is 14.9 Å². The second kappa shape index (κ2) is 11.2. The smallest absolute Gasteiger partial charge is 0.485 e. The normalized spacial score (nSPS) is 15.7. The number of allylic oxidation sites excluding steroid dienone is 1. The van der Waals surface area contributed by atoms with Crippen LogP contribution in [0.1, 0.15) is 19.3 Å². The summed E-state index contributed by atoms with van der Waals surface area (Å²) in [6.07, 6.45) is 3.41. The van der Waals surface area contributed by atoms with Crippen LogP contribution in [-0.4, -0.2) is 25.1 Å². The summed E-state index contributed by atoms with van der Waals surface area (Å²) in [7, 11) is -8.00. The summed E-state index contributed by atoms with van der Waals surface area (Å²) < 4.78 is 65.0. The fraction of sp³-hybridized carbons (Fsp3) is 0.200. The standard InChI is InChI=1S/C24H24OP.CHF3O3S/c1-4-13-22(14-5-1)26(23-15-6-2-7-16-23,24-17-8-3-9-18-24)20-21-12-10-11-19-25-21;2-1(3,4)8(5,6)7/h1-9,13-18,20H,10-12,19H2;(H,5,6,7)/q+1;/p-1. The molecule has 0 amide bonds. The molecule has 180 valence electrons. The van der Waals surface area contributed by atoms with E-state index in [1.54, 1.807) is 0 Å². The van der Waals surface area contributed by atoms with Gasteiger partial charge in [0.05, 0.1) is 6.61 Å². The van der Waals surface area contributed by atoms with Crippen molar-refractivity contribution in [2.45, 2.75) is 24.8 Å². The van der Waals surface area contributed by atoms with Gasteiger partial charge < -0.3 is 9.29 Å². The van der Waals surface area contributed by atoms with E-state index in [4.69, 9.17) is 17.7 Å². The summed E-state index contributed by atoms with van der Waals surface area (Å²) in [4.78, 5) is 0. The largest absolute Gasteiger partial charge is 0.741 e. The molecular weight excluding hydrogens is 484 g/mol. The van der Waals surface area contributed by atoms with E-state index in [1.165, 1.54) is 22.3 Å². The zero-order valence-electron chi connectivity index (χ0n) is 18.2. The summed E-state index contributed by atoms with van der Waals surface area (Å²) in [5.41, 5.74) is -5.65. The van der Waals surface area contributed by atoms with Crippen LogP contribution in [0, 0.1) is 0 Å². The first kappa shape index (κ1) is 25.9. The lowest BCUT2D eigenvalue weighted by molar-refractivity contribution is -0.0517. The lowest BCUT2D eigenvalue weighted by atomic mass is 10.2. The van der Waals surface area contributed by atoms with Gasteiger partial charge in [0.1, 0.15) is 34.8 Å². The van der Waals surface area contributed by atoms with Crippen molar-refractivity contribution >= 4 is 33.3 Å². The van der Waals surface area contributed by atoms with Crippen LogP contribution < -0.4 is 15.9 Å². The fourth-order valence-corrected chi connectivity index (χ4v) is 7.56. The molecule has 1 heterocycles. The Bertz CT molecular complexity index is 1080. The van der Waals surface area contributed by atoms with Gasteiger partial charge in [-0.15, -0.1) is 0 Å². The minimum Gasteiger partial charge on any atom is -0.741 e. The molecule has 34 heavy (non-hydrogen) atoms. The zero-order chi connectivity index (χ0) is 24.7. The lowest BCUT2D eigenvalue weighted by Crippen LogP contribution is -2.30. The minimum atomic E-state index is -6.09. The van der Waals surface area contributed by atoms with Crippen molar-refractivity contribution in [1.29, 1.82) is 0 Å². The SMILES string of the molecule is C(=C1CCCCO1)[P+](c1ccccc1)(c1ccccc1)c1ccccc1.O=S(=O)([O-])C(F)(F)F. The first-order valence-electron chi connectivity index (χ1n) is 10.6. The van der Waals surface area contributed by atoms with Crippen molar-refractivity contribution in [3.8, 4) is 0 Å². The second-order valence-electron chi connectivity index (χ2n) is 7.53. The quantitative estimate of drug-likeness (QED) is 0.280. The summed E-state index contributed by atoms with van der Waals surface area (Å²) in [6, 6.07) is 32.8. The maximum Gasteiger partial charge on any atom is 0.485 e. The maximum absolute atomic E-state index is 10.7. The fourth-order valence-electron chi connectivity index (χ4n) is 3.65. The van der Waals surface area contributed by atoms with E-state index in [-0.39, 0.29) is 0 Å². The summed E-state index contributed by atoms with van der Waals surface area (Å²) in [5.74, 6) is 3.62. The highest BCUT2D eigenvalue weighted by Gasteiger charge is 2.44. The Hall–Kier alpha value is -2.67. The van der Waals surface area contributed by atoms with Gasteiger partial charge in [0, 0.05) is 6.42 Å². The summed E-state index contributed by atoms with van der Waals surface area (Å²) in [6.45, 7) is 0.838. The van der Waals surface area contributed by atoms with Crippen molar-refractivity contribution in [3.63, 3.8) is 0 Å². The van der Waals surface area contributed by atoms with E-state index in [2.05, 4.69) is 96.8 Å². The molecule has 0 radical (unpaired) electrons. The molecule has 4 nitrogen and oxygen atoms in total. The van der Waals surface area contributed by atoms with E-state index in [1.807, 2.05) is 0 Å². The Kier molecular flexibility index (Phi) is 8.52. The van der Waals surface area contributed by atoms with Gasteiger partial charge in [-0.05, 0) is 49.2 Å². The van der Waals surface area contributed by atoms with Crippen LogP contribution in [0.4, 0.5) is 13.2 Å². The van der Waals surface area contributed by atoms with E-state index >= 15 is 0 Å². The third kappa shape index (κ3) is 6.26. The van der Waals surface area contributed by atoms with Gasteiger partial charge in [0.25, 0.3) is 0 Å². The monoisotopic (exact) mass is 508 g/mol. The molecule has 3 aromatic carbocycles. The van der Waals surface area contributed by atoms with Gasteiger partial charge in [-0.25, -0.2) is 8.42 Å². The van der Waals surface area contributed by atoms with E-state index in [0.29, 0.717) is 0 Å². The highest BCUT2D eigenvalue weighted by molar-refractivity contribution is 7.98. The molecule has 1 aliphatic heterocycles. The third-order valence-corrected chi connectivity index (χ3v) is 9.80. The van der Waals surface area contributed by atoms with Crippen LogP contribution in [0.15, 0.2) is 103 Å². The number of hydrogen-bond acceptors (Lipinski definition) is 4. The van der Waals surface area contributed by atoms with Gasteiger partial charge in [0.2, 0.25) is 0 Å². The number of benzene rings is 3. The van der Waals surface area contributed by atoms with Crippen LogP contribution in [0.5, 0.6) is 0 Å². The topological polar surface area (TPSA) is 66.4 Å². The lowest BCUT2D eigenvalue weighted by Gasteiger charge is -2.26. The zero-order valence-corrected chi connectivity index (χ0v) is 19.9. The molecule has 0 aromatic heterocycles. The Morgan fingerprint density at radius 1 is 0.765 bits per heavy atom. The molecule has 1 aliphatic rings. The number of halogens is 3. The molecule has 0 spiro atoms. The number of rotatable bonds is 4. The molecule has 0 aliphatic carbocycles. The van der Waals surface area contributed by atoms with Gasteiger partial charge in [0.15, 0.2) is 10.1 Å². The van der Waals surface area contributed by atoms with Crippen LogP contribution >= 0.6 is 7.26 Å². The molecule has 4 rings (SSSR count). The number of ether oxygens (including phenoxy) is 1. The molecular formula is C25H24F3O4PS. The molecule has 3 aromatic rings. The highest BCUT2D eigenvalue weighted by atomic mass is 32.2. The molecule has 0 bridgehead atoms. The molecule has 1 saturated heterocycles. The Balaban J connectivity index is 0.000000350. The van der Waals surface area contributed by atoms with Crippen LogP contribution in [0.3, 0.4) is 0 Å². The van der Waals surface area contributed by atoms with Gasteiger partial charge in [-0.3, -0.25) is 0 Å². The van der Waals surface area contributed by atoms with Crippen LogP contribution in [0.25, 0.3) is 0 Å². The van der Waals surface area contributed by atoms with E-state index in [9.17, 15) is 13.2 Å². The van der Waals surface area contributed by atoms with Crippen molar-refractivity contribution in [2.24, 2.45) is 0 Å². The predicted molar refractivity (Wildman–Crippen MR) is 129 cm³/mol. The first-order chi connectivity index (χ1) is 16.1. The molecule has 1 fully saturated rings. The Morgan fingerprint density at radius 3 is 1.44 bits per heavy atom. The second-order valence-corrected chi connectivity index (χ2v) is 12.2. The van der Waals surface area contributed by atoms with Crippen LogP contribution in [0.2, 0.25) is 0 Å². The van der Waals surface area contributed by atoms with Gasteiger partial charge in [-0.2, -0.15) is 13.2 Å². The maximum atomic E-state index is 10.7. The predicted octanol–water partition coefficient (Wildman–Crippen LogP) is 5.07. The first-order valence-corrected chi connectivity index (χ1v) is 13.8. The van der Waals surface area contributed by atoms with E-state index in [0.717, 1.165) is 25.2 Å². The van der Waals surface area contributed by atoms with Gasteiger partial charge in [-0.1, -0.05) is 54.6 Å². The van der Waals surface area contributed by atoms with Crippen molar-refractivity contribution in [2.75, 3.05) is 6.61 Å². The Morgan fingerprint density at radius 2 is 1.15 bits per heavy atom. The number of alkyl halides is 3. The van der Waals surface area contributed by atoms with Crippen molar-refractivity contribution in [1.82, 2.24) is 0 Å². The van der Waals surface area contributed by atoms with Gasteiger partial charge >= 0.3 is 5.51 Å². The average Bonchev–Trinajstić information content (AvgIpc) is 2.84. The highest BCUT2D eigenvalue weighted by Crippen LogP contribution is 2.58. The van der Waals surface area contributed by atoms with E-state index < -0.39 is 22.9 Å². The molecule has 9 heteroatoms. The molecule has 0 unspecified atom stereocenters. The molecule has 0 saturated carbocycles. The molecule has 0 N–H and O–H groups in total. The van der Waals surface area contributed by atoms with Crippen molar-refractivity contribution in [3.05, 3.63) is 103 Å². The molecule has 0 atom stereocenters. The minimum absolute atomic E-state index is 0.838. The summed E-state index contributed by atoms with van der Waals surface area (Å²) >= 11 is 0. The number of hydrogen-bond donors (Lipinski definition) is 0.